The maximum absolute atomic E-state index is 13.4. The minimum Gasteiger partial charge on any atom is -0.384 e. The number of fused-ring (bicyclic) bond motifs is 1. The van der Waals surface area contributed by atoms with E-state index in [-0.39, 0.29) is 51.5 Å². The van der Waals surface area contributed by atoms with Gasteiger partial charge in [0.15, 0.2) is 0 Å². The highest BCUT2D eigenvalue weighted by Crippen LogP contribution is 2.34. The summed E-state index contributed by atoms with van der Waals surface area (Å²) in [6.07, 6.45) is -9.80. The van der Waals surface area contributed by atoms with Crippen molar-refractivity contribution in [2.45, 2.75) is 52.3 Å². The molecule has 0 unspecified atom stereocenters. The van der Waals surface area contributed by atoms with Crippen molar-refractivity contribution in [2.75, 3.05) is 11.5 Å². The smallest absolute Gasteiger partial charge is 0.384 e. The number of nitrogens with zero attached hydrogens (tertiary/aromatic N) is 5. The van der Waals surface area contributed by atoms with Crippen LogP contribution in [0.2, 0.25) is 10.2 Å². The van der Waals surface area contributed by atoms with E-state index in [9.17, 15) is 44.3 Å². The number of rotatable bonds is 5. The summed E-state index contributed by atoms with van der Waals surface area (Å²) in [4.78, 5) is 32.4. The summed E-state index contributed by atoms with van der Waals surface area (Å²) in [5.41, 5.74) is 11.3. The van der Waals surface area contributed by atoms with E-state index in [1.54, 1.807) is 12.3 Å². The molecule has 5 N–H and O–H groups in total. The Morgan fingerprint density at radius 3 is 1.93 bits per heavy atom. The highest BCUT2D eigenvalue weighted by Gasteiger charge is 2.35. The number of carbonyl (C=O) groups is 1. The van der Waals surface area contributed by atoms with E-state index in [2.05, 4.69) is 30.2 Å². The summed E-state index contributed by atoms with van der Waals surface area (Å²) < 4.78 is 113. The molecule has 0 spiro atoms. The van der Waals surface area contributed by atoms with Gasteiger partial charge >= 0.3 is 18.5 Å². The van der Waals surface area contributed by atoms with Gasteiger partial charge in [-0.15, -0.1) is 0 Å². The third-order valence-electron chi connectivity index (χ3n) is 7.81. The second-order valence-electron chi connectivity index (χ2n) is 12.5. The molecular weight excluding hydrogens is 826 g/mol. The normalized spacial score (nSPS) is 11.6. The number of nitrogens with one attached hydrogen (secondary N) is 1. The number of aryl methyl sites for hydroxylation is 3. The SMILES string of the molecule is Cc1cc(C(F)(F)F)cc(Cl)n1.Cc1cc(C(F)(F)F)cc(N)n1.Cc1nc(N)cc(C(F)(F)F)c1CNC(=O)c1ccnc(Cc2ccc3ncc(Cl)cc3c2)c1. The predicted octanol–water partition coefficient (Wildman–Crippen LogP) is 10.2. The van der Waals surface area contributed by atoms with Crippen molar-refractivity contribution < 1.29 is 44.3 Å². The first-order valence-corrected chi connectivity index (χ1v) is 17.3. The zero-order valence-electron chi connectivity index (χ0n) is 30.4. The highest BCUT2D eigenvalue weighted by molar-refractivity contribution is 6.31. The number of hydrogen-bond acceptors (Lipinski definition) is 8. The number of nitrogens with two attached hydrogens (primary N) is 2. The largest absolute Gasteiger partial charge is 0.416 e. The molecule has 0 fully saturated rings. The highest BCUT2D eigenvalue weighted by atomic mass is 35.5. The molecule has 0 aliphatic carbocycles. The Kier molecular flexibility index (Phi) is 14.1. The van der Waals surface area contributed by atoms with Gasteiger partial charge in [-0.05, 0) is 87.0 Å². The number of amides is 1. The van der Waals surface area contributed by atoms with E-state index in [1.165, 1.54) is 33.0 Å². The molecule has 6 rings (SSSR count). The van der Waals surface area contributed by atoms with E-state index in [0.29, 0.717) is 17.1 Å². The van der Waals surface area contributed by atoms with Crippen LogP contribution >= 0.6 is 23.2 Å². The van der Waals surface area contributed by atoms with Gasteiger partial charge in [-0.1, -0.05) is 29.3 Å². The van der Waals surface area contributed by atoms with Crippen molar-refractivity contribution in [3.63, 3.8) is 0 Å². The number of halogens is 11. The molecule has 9 nitrogen and oxygen atoms in total. The summed E-state index contributed by atoms with van der Waals surface area (Å²) >= 11 is 11.4. The van der Waals surface area contributed by atoms with E-state index in [0.717, 1.165) is 46.8 Å². The average Bonchev–Trinajstić information content (AvgIpc) is 3.09. The number of pyridine rings is 5. The molecule has 5 aromatic heterocycles. The molecule has 0 atom stereocenters. The van der Waals surface area contributed by atoms with Gasteiger partial charge in [0.05, 0.1) is 27.2 Å². The molecule has 1 aromatic carbocycles. The van der Waals surface area contributed by atoms with Gasteiger partial charge < -0.3 is 16.8 Å². The molecule has 306 valence electrons. The standard InChI is InChI=1S/C24H19ClF3N5O.C7H5ClF3N.C7H7F3N2/c1-13-19(20(24(26,27)28)10-22(29)33-13)12-32-23(34)15-4-5-30-18(9-15)7-14-2-3-21-16(6-14)8-17(25)11-31-21;1-4-2-5(7(9,10)11)3-6(8)12-4;1-4-2-5(7(8,9)10)3-6(11)12-4/h2-6,8-11H,7,12H2,1H3,(H2,29,33)(H,32,34);2-3H,1H3;2-3H,1H3,(H2,11,12). The molecule has 0 aliphatic heterocycles. The number of nitrogen functional groups attached to an aromatic ring is 2. The first kappa shape index (κ1) is 45.0. The van der Waals surface area contributed by atoms with Crippen LogP contribution in [0.15, 0.2) is 79.1 Å². The Hall–Kier alpha value is -5.75. The molecule has 0 radical (unpaired) electrons. The lowest BCUT2D eigenvalue weighted by Crippen LogP contribution is -2.26. The zero-order valence-corrected chi connectivity index (χ0v) is 31.9. The van der Waals surface area contributed by atoms with Gasteiger partial charge in [-0.25, -0.2) is 15.0 Å². The Morgan fingerprint density at radius 2 is 1.33 bits per heavy atom. The van der Waals surface area contributed by atoms with E-state index in [1.807, 2.05) is 24.3 Å². The van der Waals surface area contributed by atoms with Crippen molar-refractivity contribution in [1.82, 2.24) is 30.2 Å². The van der Waals surface area contributed by atoms with E-state index in [4.69, 9.17) is 34.7 Å². The molecule has 20 heteroatoms. The topological polar surface area (TPSA) is 146 Å². The Labute approximate surface area is 334 Å². The van der Waals surface area contributed by atoms with Gasteiger partial charge in [-0.2, -0.15) is 39.5 Å². The lowest BCUT2D eigenvalue weighted by atomic mass is 10.0. The Morgan fingerprint density at radius 1 is 0.707 bits per heavy atom. The second kappa shape index (κ2) is 18.2. The van der Waals surface area contributed by atoms with Gasteiger partial charge in [0.2, 0.25) is 0 Å². The molecule has 6 aromatic rings. The number of benzene rings is 1. The monoisotopic (exact) mass is 856 g/mol. The van der Waals surface area contributed by atoms with Crippen molar-refractivity contribution in [2.24, 2.45) is 0 Å². The van der Waals surface area contributed by atoms with Crippen LogP contribution in [-0.2, 0) is 31.5 Å². The van der Waals surface area contributed by atoms with Gasteiger partial charge in [0.25, 0.3) is 5.91 Å². The first-order chi connectivity index (χ1) is 26.9. The first-order valence-electron chi connectivity index (χ1n) is 16.5. The summed E-state index contributed by atoms with van der Waals surface area (Å²) in [6, 6.07) is 14.9. The third-order valence-corrected chi connectivity index (χ3v) is 8.21. The van der Waals surface area contributed by atoms with Crippen LogP contribution in [0, 0.1) is 20.8 Å². The lowest BCUT2D eigenvalue weighted by molar-refractivity contribution is -0.138. The quantitative estimate of drug-likeness (QED) is 0.115. The summed E-state index contributed by atoms with van der Waals surface area (Å²) in [7, 11) is 0. The predicted molar refractivity (Wildman–Crippen MR) is 201 cm³/mol. The van der Waals surface area contributed by atoms with Crippen molar-refractivity contribution in [3.05, 3.63) is 145 Å². The Balaban J connectivity index is 0.000000252. The fraction of sp³-hybridized carbons (Fsp3) is 0.211. The molecular formula is C38H31Cl2F9N8O. The Bertz CT molecular complexity index is 2320. The lowest BCUT2D eigenvalue weighted by Gasteiger charge is -2.16. The van der Waals surface area contributed by atoms with Crippen LogP contribution in [-0.4, -0.2) is 30.8 Å². The number of aromatic nitrogens is 5. The van der Waals surface area contributed by atoms with Crippen LogP contribution in [0.1, 0.15) is 61.0 Å². The molecule has 0 saturated heterocycles. The molecule has 0 bridgehead atoms. The molecule has 58 heavy (non-hydrogen) atoms. The minimum atomic E-state index is -4.62. The maximum Gasteiger partial charge on any atom is 0.416 e. The van der Waals surface area contributed by atoms with Crippen LogP contribution in [0.4, 0.5) is 51.1 Å². The third kappa shape index (κ3) is 12.9. The van der Waals surface area contributed by atoms with Gasteiger partial charge in [-0.3, -0.25) is 14.8 Å². The van der Waals surface area contributed by atoms with Crippen LogP contribution < -0.4 is 16.8 Å². The van der Waals surface area contributed by atoms with Crippen molar-refractivity contribution in [1.29, 1.82) is 0 Å². The molecule has 5 heterocycles. The van der Waals surface area contributed by atoms with Crippen LogP contribution in [0.5, 0.6) is 0 Å². The van der Waals surface area contributed by atoms with E-state index >= 15 is 0 Å². The van der Waals surface area contributed by atoms with Crippen LogP contribution in [0.3, 0.4) is 0 Å². The fourth-order valence-electron chi connectivity index (χ4n) is 5.31. The molecule has 0 aliphatic rings. The number of carbonyl (C=O) groups excluding carboxylic acids is 1. The number of alkyl halides is 9. The van der Waals surface area contributed by atoms with E-state index < -0.39 is 41.1 Å². The average molecular weight is 858 g/mol. The van der Waals surface area contributed by atoms with Crippen LogP contribution in [0.25, 0.3) is 10.9 Å². The second-order valence-corrected chi connectivity index (χ2v) is 13.3. The molecule has 1 amide bonds. The maximum atomic E-state index is 13.4. The summed E-state index contributed by atoms with van der Waals surface area (Å²) in [5, 5.41) is 3.81. The number of hydrogen-bond donors (Lipinski definition) is 3. The number of anilines is 2. The van der Waals surface area contributed by atoms with Crippen molar-refractivity contribution >= 4 is 51.6 Å². The fourth-order valence-corrected chi connectivity index (χ4v) is 5.73. The zero-order chi connectivity index (χ0) is 43.2. The summed E-state index contributed by atoms with van der Waals surface area (Å²) in [5.74, 6) is -0.866. The summed E-state index contributed by atoms with van der Waals surface area (Å²) in [6.45, 7) is 4.00. The molecule has 0 saturated carbocycles. The van der Waals surface area contributed by atoms with Crippen molar-refractivity contribution in [3.8, 4) is 0 Å². The van der Waals surface area contributed by atoms with Gasteiger partial charge in [0, 0.05) is 64.6 Å². The minimum absolute atomic E-state index is 0.105. The van der Waals surface area contributed by atoms with Gasteiger partial charge in [0.1, 0.15) is 16.8 Å².